The van der Waals surface area contributed by atoms with Crippen LogP contribution in [0.4, 0.5) is 0 Å². The minimum Gasteiger partial charge on any atom is -0.465 e. The number of carbonyl (C=O) groups is 3. The molecule has 1 N–H and O–H groups in total. The first kappa shape index (κ1) is 24.7. The van der Waals surface area contributed by atoms with Crippen molar-refractivity contribution in [3.8, 4) is 0 Å². The van der Waals surface area contributed by atoms with Gasteiger partial charge in [-0.3, -0.25) is 14.4 Å². The summed E-state index contributed by atoms with van der Waals surface area (Å²) in [7, 11) is 0. The van der Waals surface area contributed by atoms with E-state index in [0.717, 1.165) is 24.8 Å². The molecule has 192 valence electrons. The first-order chi connectivity index (χ1) is 17.5. The quantitative estimate of drug-likeness (QED) is 0.482. The van der Waals surface area contributed by atoms with Gasteiger partial charge in [-0.1, -0.05) is 68.0 Å². The Morgan fingerprint density at radius 1 is 1.14 bits per heavy atom. The fourth-order valence-corrected chi connectivity index (χ4v) is 6.15. The number of hydrogen-bond acceptors (Lipinski definition) is 6. The molecule has 0 aromatic heterocycles. The molecule has 0 saturated carbocycles. The van der Waals surface area contributed by atoms with Gasteiger partial charge in [0.15, 0.2) is 0 Å². The van der Waals surface area contributed by atoms with E-state index in [1.54, 1.807) is 4.90 Å². The molecule has 1 spiro atoms. The summed E-state index contributed by atoms with van der Waals surface area (Å²) in [6.45, 7) is 2.94. The standard InChI is InChI=1S/C28H34N2O6/c1-2-3-15-29-16-10-14-28-23(22-21(36-28)13-8-5-9-17-35-27(22)34)25(32)30(24(28)26(29)33)20(18-31)19-11-6-4-7-12-19/h4,6-8,10-14,20-24,31H,2-3,5,9,15-18H2,1H3/b13-8-/t20-,21+,22-,23+,24?,28+/m1/s1. The molecule has 36 heavy (non-hydrogen) atoms. The third kappa shape index (κ3) is 3.96. The van der Waals surface area contributed by atoms with Crippen molar-refractivity contribution >= 4 is 17.8 Å². The van der Waals surface area contributed by atoms with E-state index in [2.05, 4.69) is 6.92 Å². The lowest BCUT2D eigenvalue weighted by Crippen LogP contribution is -2.56. The number of rotatable bonds is 6. The van der Waals surface area contributed by atoms with E-state index in [4.69, 9.17) is 9.47 Å². The predicted octanol–water partition coefficient (Wildman–Crippen LogP) is 2.39. The lowest BCUT2D eigenvalue weighted by Gasteiger charge is -2.38. The Morgan fingerprint density at radius 3 is 2.69 bits per heavy atom. The minimum atomic E-state index is -1.32. The Balaban J connectivity index is 1.64. The maximum Gasteiger partial charge on any atom is 0.312 e. The molecular weight excluding hydrogens is 460 g/mol. The molecule has 8 heteroatoms. The number of ether oxygens (including phenoxy) is 2. The van der Waals surface area contributed by atoms with Crippen molar-refractivity contribution in [2.75, 3.05) is 26.3 Å². The first-order valence-electron chi connectivity index (χ1n) is 13.0. The van der Waals surface area contributed by atoms with Gasteiger partial charge in [-0.2, -0.15) is 0 Å². The van der Waals surface area contributed by atoms with Crippen LogP contribution in [0.15, 0.2) is 54.6 Å². The van der Waals surface area contributed by atoms with E-state index in [-0.39, 0.29) is 25.0 Å². The molecule has 2 amide bonds. The van der Waals surface area contributed by atoms with Crippen LogP contribution in [0.25, 0.3) is 0 Å². The predicted molar refractivity (Wildman–Crippen MR) is 131 cm³/mol. The van der Waals surface area contributed by atoms with E-state index in [9.17, 15) is 19.5 Å². The topological polar surface area (TPSA) is 96.4 Å². The summed E-state index contributed by atoms with van der Waals surface area (Å²) in [5.74, 6) is -2.85. The average Bonchev–Trinajstić information content (AvgIpc) is 3.30. The van der Waals surface area contributed by atoms with Gasteiger partial charge in [0.05, 0.1) is 31.3 Å². The molecule has 1 unspecified atom stereocenters. The highest BCUT2D eigenvalue weighted by molar-refractivity contribution is 5.99. The second-order valence-corrected chi connectivity index (χ2v) is 9.97. The summed E-state index contributed by atoms with van der Waals surface area (Å²) >= 11 is 0. The lowest BCUT2D eigenvalue weighted by molar-refractivity contribution is -0.156. The number of likely N-dealkylation sites (tertiary alicyclic amines) is 1. The van der Waals surface area contributed by atoms with Gasteiger partial charge in [0.1, 0.15) is 17.6 Å². The van der Waals surface area contributed by atoms with Crippen LogP contribution < -0.4 is 0 Å². The van der Waals surface area contributed by atoms with E-state index >= 15 is 0 Å². The number of allylic oxidation sites excluding steroid dienone is 1. The number of fused-ring (bicyclic) bond motifs is 2. The van der Waals surface area contributed by atoms with Crippen LogP contribution in [0.3, 0.4) is 0 Å². The first-order valence-corrected chi connectivity index (χ1v) is 13.0. The Bertz CT molecular complexity index is 1060. The zero-order valence-corrected chi connectivity index (χ0v) is 20.6. The van der Waals surface area contributed by atoms with Crippen LogP contribution in [-0.4, -0.2) is 76.7 Å². The summed E-state index contributed by atoms with van der Waals surface area (Å²) in [6, 6.07) is 7.46. The Hall–Kier alpha value is -2.97. The number of unbranched alkanes of at least 4 members (excludes halogenated alkanes) is 1. The highest BCUT2D eigenvalue weighted by atomic mass is 16.6. The monoisotopic (exact) mass is 494 g/mol. The molecule has 5 rings (SSSR count). The molecule has 8 nitrogen and oxygen atoms in total. The van der Waals surface area contributed by atoms with Crippen LogP contribution in [0.2, 0.25) is 0 Å². The van der Waals surface area contributed by atoms with Crippen LogP contribution in [0, 0.1) is 11.8 Å². The number of carbonyl (C=O) groups excluding carboxylic acids is 3. The lowest BCUT2D eigenvalue weighted by atomic mass is 9.78. The van der Waals surface area contributed by atoms with Crippen LogP contribution in [0.5, 0.6) is 0 Å². The second-order valence-electron chi connectivity index (χ2n) is 9.97. The molecule has 1 aromatic carbocycles. The third-order valence-electron chi connectivity index (χ3n) is 7.85. The van der Waals surface area contributed by atoms with E-state index in [0.29, 0.717) is 19.5 Å². The molecule has 6 atom stereocenters. The number of benzene rings is 1. The molecule has 0 radical (unpaired) electrons. The molecule has 0 aliphatic carbocycles. The number of amides is 2. The molecular formula is C28H34N2O6. The molecule has 4 aliphatic rings. The summed E-state index contributed by atoms with van der Waals surface area (Å²) in [6.07, 6.45) is 10.0. The zero-order valence-electron chi connectivity index (χ0n) is 20.6. The van der Waals surface area contributed by atoms with E-state index in [1.807, 2.05) is 54.6 Å². The number of cyclic esters (lactones) is 1. The van der Waals surface area contributed by atoms with Crippen molar-refractivity contribution in [1.29, 1.82) is 0 Å². The molecule has 1 aromatic rings. The van der Waals surface area contributed by atoms with Crippen LogP contribution in [0.1, 0.15) is 44.2 Å². The van der Waals surface area contributed by atoms with Gasteiger partial charge in [-0.25, -0.2) is 0 Å². The van der Waals surface area contributed by atoms with Gasteiger partial charge in [-0.15, -0.1) is 0 Å². The highest BCUT2D eigenvalue weighted by Gasteiger charge is 2.72. The van der Waals surface area contributed by atoms with Gasteiger partial charge < -0.3 is 24.4 Å². The summed E-state index contributed by atoms with van der Waals surface area (Å²) < 4.78 is 12.2. The van der Waals surface area contributed by atoms with Crippen LogP contribution >= 0.6 is 0 Å². The van der Waals surface area contributed by atoms with Gasteiger partial charge in [0.2, 0.25) is 11.8 Å². The summed E-state index contributed by atoms with van der Waals surface area (Å²) in [5.41, 5.74) is -0.604. The van der Waals surface area contributed by atoms with Crippen molar-refractivity contribution in [2.45, 2.75) is 56.4 Å². The van der Waals surface area contributed by atoms with Crippen molar-refractivity contribution in [3.05, 3.63) is 60.2 Å². The number of nitrogens with zero attached hydrogens (tertiary/aromatic N) is 2. The Morgan fingerprint density at radius 2 is 1.94 bits per heavy atom. The SMILES string of the molecule is CCCCN1CC=C[C@]23O[C@H]4/C=C\CCCOC(=O)[C@H]4[C@H]2C(=O)N([C@H](CO)c2ccccc2)C3C1=O. The van der Waals surface area contributed by atoms with Gasteiger partial charge in [-0.05, 0) is 24.8 Å². The summed E-state index contributed by atoms with van der Waals surface area (Å²) in [5, 5.41) is 10.5. The fraction of sp³-hybridized carbons (Fsp3) is 0.536. The smallest absolute Gasteiger partial charge is 0.312 e. The minimum absolute atomic E-state index is 0.220. The largest absolute Gasteiger partial charge is 0.465 e. The Kier molecular flexibility index (Phi) is 6.99. The molecule has 0 bridgehead atoms. The van der Waals surface area contributed by atoms with Crippen molar-refractivity contribution in [3.63, 3.8) is 0 Å². The van der Waals surface area contributed by atoms with E-state index in [1.165, 1.54) is 4.90 Å². The fourth-order valence-electron chi connectivity index (χ4n) is 6.15. The molecule has 4 heterocycles. The third-order valence-corrected chi connectivity index (χ3v) is 7.85. The van der Waals surface area contributed by atoms with Crippen LogP contribution in [-0.2, 0) is 23.9 Å². The zero-order chi connectivity index (χ0) is 25.3. The number of aliphatic hydroxyl groups excluding tert-OH is 1. The average molecular weight is 495 g/mol. The number of esters is 1. The highest BCUT2D eigenvalue weighted by Crippen LogP contribution is 2.54. The second kappa shape index (κ2) is 10.2. The van der Waals surface area contributed by atoms with Gasteiger partial charge >= 0.3 is 5.97 Å². The van der Waals surface area contributed by atoms with Crippen molar-refractivity contribution in [1.82, 2.24) is 9.80 Å². The number of hydrogen-bond donors (Lipinski definition) is 1. The van der Waals surface area contributed by atoms with Gasteiger partial charge in [0.25, 0.3) is 0 Å². The molecule has 2 fully saturated rings. The van der Waals surface area contributed by atoms with Crippen molar-refractivity contribution < 1.29 is 29.0 Å². The summed E-state index contributed by atoms with van der Waals surface area (Å²) in [4.78, 5) is 44.9. The molecule has 4 aliphatic heterocycles. The maximum atomic E-state index is 14.3. The van der Waals surface area contributed by atoms with Gasteiger partial charge in [0, 0.05) is 13.1 Å². The Labute approximate surface area is 211 Å². The normalized spacial score (nSPS) is 33.6. The molecule has 2 saturated heterocycles. The van der Waals surface area contributed by atoms with Crippen molar-refractivity contribution in [2.24, 2.45) is 11.8 Å². The number of aliphatic hydroxyl groups is 1. The maximum absolute atomic E-state index is 14.3. The van der Waals surface area contributed by atoms with E-state index < -0.39 is 41.6 Å².